The van der Waals surface area contributed by atoms with E-state index in [1.165, 1.54) is 6.92 Å². The zero-order valence-corrected chi connectivity index (χ0v) is 12.5. The van der Waals surface area contributed by atoms with Crippen molar-refractivity contribution in [1.82, 2.24) is 9.97 Å². The van der Waals surface area contributed by atoms with Crippen molar-refractivity contribution in [3.63, 3.8) is 0 Å². The van der Waals surface area contributed by atoms with E-state index in [2.05, 4.69) is 20.6 Å². The van der Waals surface area contributed by atoms with E-state index in [1.807, 2.05) is 19.1 Å². The van der Waals surface area contributed by atoms with Crippen LogP contribution < -0.4 is 15.4 Å². The van der Waals surface area contributed by atoms with Gasteiger partial charge >= 0.3 is 0 Å². The molecule has 0 saturated carbocycles. The zero-order valence-electron chi connectivity index (χ0n) is 12.5. The topological polar surface area (TPSA) is 76.1 Å². The van der Waals surface area contributed by atoms with E-state index in [1.54, 1.807) is 26.1 Å². The summed E-state index contributed by atoms with van der Waals surface area (Å²) in [5.41, 5.74) is 1.41. The first-order valence-electron chi connectivity index (χ1n) is 6.58. The Morgan fingerprint density at radius 1 is 1.19 bits per heavy atom. The van der Waals surface area contributed by atoms with Gasteiger partial charge in [-0.1, -0.05) is 12.1 Å². The number of nitrogens with zero attached hydrogens (tertiary/aromatic N) is 2. The molecule has 0 aliphatic heterocycles. The Morgan fingerprint density at radius 2 is 1.90 bits per heavy atom. The van der Waals surface area contributed by atoms with Gasteiger partial charge in [-0.2, -0.15) is 4.98 Å². The molecule has 1 aromatic heterocycles. The number of benzene rings is 1. The van der Waals surface area contributed by atoms with Crippen molar-refractivity contribution in [1.29, 1.82) is 0 Å². The Bertz CT molecular complexity index is 671. The van der Waals surface area contributed by atoms with E-state index < -0.39 is 0 Å². The maximum atomic E-state index is 11.2. The minimum Gasteiger partial charge on any atom is -0.436 e. The Labute approximate surface area is 123 Å². The van der Waals surface area contributed by atoms with E-state index in [0.717, 1.165) is 11.4 Å². The van der Waals surface area contributed by atoms with Gasteiger partial charge in [0, 0.05) is 14.0 Å². The van der Waals surface area contributed by atoms with E-state index in [4.69, 9.17) is 4.74 Å². The van der Waals surface area contributed by atoms with Crippen molar-refractivity contribution in [3.8, 4) is 11.6 Å². The molecule has 0 aliphatic carbocycles. The SMILES string of the molecule is CNc1nc(C)nc(Oc2ccccc2NC(C)=O)c1C. The fourth-order valence-electron chi connectivity index (χ4n) is 1.90. The van der Waals surface area contributed by atoms with Gasteiger partial charge in [0.05, 0.1) is 11.3 Å². The minimum atomic E-state index is -0.155. The number of hydrogen-bond donors (Lipinski definition) is 2. The number of aromatic nitrogens is 2. The van der Waals surface area contributed by atoms with Gasteiger partial charge in [-0.15, -0.1) is 0 Å². The van der Waals surface area contributed by atoms with Gasteiger partial charge in [0.25, 0.3) is 0 Å². The van der Waals surface area contributed by atoms with Crippen LogP contribution in [0.5, 0.6) is 11.6 Å². The summed E-state index contributed by atoms with van der Waals surface area (Å²) in [6.07, 6.45) is 0. The number of carbonyl (C=O) groups is 1. The lowest BCUT2D eigenvalue weighted by Gasteiger charge is -2.14. The number of nitrogens with one attached hydrogen (secondary N) is 2. The molecule has 0 fully saturated rings. The van der Waals surface area contributed by atoms with Crippen LogP contribution in [0.1, 0.15) is 18.3 Å². The first kappa shape index (κ1) is 14.8. The highest BCUT2D eigenvalue weighted by Crippen LogP contribution is 2.31. The lowest BCUT2D eigenvalue weighted by Crippen LogP contribution is -2.08. The predicted molar refractivity (Wildman–Crippen MR) is 81.9 cm³/mol. The second-order valence-electron chi connectivity index (χ2n) is 4.58. The first-order chi connectivity index (χ1) is 10.0. The monoisotopic (exact) mass is 286 g/mol. The third-order valence-electron chi connectivity index (χ3n) is 2.85. The van der Waals surface area contributed by atoms with Crippen LogP contribution >= 0.6 is 0 Å². The lowest BCUT2D eigenvalue weighted by molar-refractivity contribution is -0.114. The zero-order chi connectivity index (χ0) is 15.4. The molecule has 1 amide bonds. The second-order valence-corrected chi connectivity index (χ2v) is 4.58. The molecular weight excluding hydrogens is 268 g/mol. The summed E-state index contributed by atoms with van der Waals surface area (Å²) < 4.78 is 5.86. The summed E-state index contributed by atoms with van der Waals surface area (Å²) in [4.78, 5) is 19.8. The van der Waals surface area contributed by atoms with Crippen LogP contribution in [0.15, 0.2) is 24.3 Å². The number of rotatable bonds is 4. The van der Waals surface area contributed by atoms with Gasteiger partial charge in [-0.25, -0.2) is 4.98 Å². The third-order valence-corrected chi connectivity index (χ3v) is 2.85. The Hall–Kier alpha value is -2.63. The van der Waals surface area contributed by atoms with E-state index in [0.29, 0.717) is 23.1 Å². The average molecular weight is 286 g/mol. The molecule has 2 rings (SSSR count). The maximum Gasteiger partial charge on any atom is 0.227 e. The van der Waals surface area contributed by atoms with Crippen molar-refractivity contribution in [2.24, 2.45) is 0 Å². The lowest BCUT2D eigenvalue weighted by atomic mass is 10.3. The van der Waals surface area contributed by atoms with Gasteiger partial charge < -0.3 is 15.4 Å². The predicted octanol–water partition coefficient (Wildman–Crippen LogP) is 2.89. The number of para-hydroxylation sites is 2. The molecule has 6 heteroatoms. The standard InChI is InChI=1S/C15H18N4O2/c1-9-14(16-4)17-10(2)18-15(9)21-13-8-6-5-7-12(13)19-11(3)20/h5-8H,1-4H3,(H,19,20)(H,16,17,18). The number of aryl methyl sites for hydroxylation is 1. The van der Waals surface area contributed by atoms with Gasteiger partial charge in [0.2, 0.25) is 11.8 Å². The third kappa shape index (κ3) is 3.47. The Morgan fingerprint density at radius 3 is 2.57 bits per heavy atom. The first-order valence-corrected chi connectivity index (χ1v) is 6.58. The van der Waals surface area contributed by atoms with Crippen LogP contribution in [0.3, 0.4) is 0 Å². The number of amides is 1. The summed E-state index contributed by atoms with van der Waals surface area (Å²) in [5, 5.41) is 5.74. The van der Waals surface area contributed by atoms with Gasteiger partial charge in [0.1, 0.15) is 11.6 Å². The number of anilines is 2. The maximum absolute atomic E-state index is 11.2. The molecule has 0 spiro atoms. The molecule has 0 saturated heterocycles. The van der Waals surface area contributed by atoms with Crippen LogP contribution in [0.25, 0.3) is 0 Å². The molecule has 0 aliphatic rings. The van der Waals surface area contributed by atoms with Crippen LogP contribution in [0, 0.1) is 13.8 Å². The minimum absolute atomic E-state index is 0.155. The highest BCUT2D eigenvalue weighted by molar-refractivity contribution is 5.90. The smallest absolute Gasteiger partial charge is 0.227 e. The number of hydrogen-bond acceptors (Lipinski definition) is 5. The van der Waals surface area contributed by atoms with E-state index in [-0.39, 0.29) is 5.91 Å². The van der Waals surface area contributed by atoms with Crippen molar-refractivity contribution >= 4 is 17.4 Å². The fraction of sp³-hybridized carbons (Fsp3) is 0.267. The van der Waals surface area contributed by atoms with Crippen molar-refractivity contribution in [3.05, 3.63) is 35.7 Å². The highest BCUT2D eigenvalue weighted by atomic mass is 16.5. The summed E-state index contributed by atoms with van der Waals surface area (Å²) >= 11 is 0. The van der Waals surface area contributed by atoms with Crippen molar-refractivity contribution in [2.45, 2.75) is 20.8 Å². The van der Waals surface area contributed by atoms with Crippen LogP contribution in [-0.4, -0.2) is 22.9 Å². The van der Waals surface area contributed by atoms with Gasteiger partial charge in [-0.3, -0.25) is 4.79 Å². The fourth-order valence-corrected chi connectivity index (χ4v) is 1.90. The van der Waals surface area contributed by atoms with Gasteiger partial charge in [0.15, 0.2) is 5.75 Å². The largest absolute Gasteiger partial charge is 0.436 e. The highest BCUT2D eigenvalue weighted by Gasteiger charge is 2.12. The van der Waals surface area contributed by atoms with Crippen LogP contribution in [-0.2, 0) is 4.79 Å². The molecule has 6 nitrogen and oxygen atoms in total. The number of ether oxygens (including phenoxy) is 1. The Balaban J connectivity index is 2.39. The Kier molecular flexibility index (Phi) is 4.37. The van der Waals surface area contributed by atoms with Gasteiger partial charge in [-0.05, 0) is 26.0 Å². The van der Waals surface area contributed by atoms with E-state index in [9.17, 15) is 4.79 Å². The summed E-state index contributed by atoms with van der Waals surface area (Å²) in [5.74, 6) is 2.17. The molecule has 2 N–H and O–H groups in total. The molecule has 0 radical (unpaired) electrons. The molecule has 1 heterocycles. The molecule has 110 valence electrons. The molecule has 0 unspecified atom stereocenters. The molecule has 0 bridgehead atoms. The summed E-state index contributed by atoms with van der Waals surface area (Å²) in [6.45, 7) is 5.13. The molecule has 2 aromatic rings. The summed E-state index contributed by atoms with van der Waals surface area (Å²) in [6, 6.07) is 7.22. The average Bonchev–Trinajstić information content (AvgIpc) is 2.44. The molecular formula is C15H18N4O2. The second kappa shape index (κ2) is 6.21. The van der Waals surface area contributed by atoms with Crippen molar-refractivity contribution in [2.75, 3.05) is 17.7 Å². The molecule has 21 heavy (non-hydrogen) atoms. The molecule has 0 atom stereocenters. The van der Waals surface area contributed by atoms with Crippen LogP contribution in [0.2, 0.25) is 0 Å². The van der Waals surface area contributed by atoms with Crippen molar-refractivity contribution < 1.29 is 9.53 Å². The van der Waals surface area contributed by atoms with E-state index >= 15 is 0 Å². The summed E-state index contributed by atoms with van der Waals surface area (Å²) in [7, 11) is 1.80. The number of carbonyl (C=O) groups excluding carboxylic acids is 1. The normalized spacial score (nSPS) is 10.1. The quantitative estimate of drug-likeness (QED) is 0.903. The molecule has 1 aromatic carbocycles. The van der Waals surface area contributed by atoms with Crippen LogP contribution in [0.4, 0.5) is 11.5 Å².